The van der Waals surface area contributed by atoms with Crippen LogP contribution in [-0.4, -0.2) is 15.1 Å². The van der Waals surface area contributed by atoms with E-state index in [-0.39, 0.29) is 0 Å². The van der Waals surface area contributed by atoms with Gasteiger partial charge in [0.15, 0.2) is 9.04 Å². The van der Waals surface area contributed by atoms with Crippen LogP contribution < -0.4 is 0 Å². The first-order valence-electron chi connectivity index (χ1n) is 5.39. The van der Waals surface area contributed by atoms with Gasteiger partial charge in [-0.2, -0.15) is 0 Å². The van der Waals surface area contributed by atoms with Crippen LogP contribution in [0.3, 0.4) is 0 Å². The molecule has 0 spiro atoms. The fourth-order valence-electron chi connectivity index (χ4n) is 1.35. The minimum Gasteiger partial charge on any atom is -0.417 e. The second-order valence-electron chi connectivity index (χ2n) is 3.55. The Morgan fingerprint density at radius 3 is 1.92 bits per heavy atom. The lowest BCUT2D eigenvalue weighted by Gasteiger charge is -2.19. The molecule has 0 heterocycles. The highest BCUT2D eigenvalue weighted by Gasteiger charge is 2.12. The molecule has 0 aromatic heterocycles. The summed E-state index contributed by atoms with van der Waals surface area (Å²) in [5.74, 6) is 0. The van der Waals surface area contributed by atoms with E-state index in [2.05, 4.69) is 27.7 Å². The van der Waals surface area contributed by atoms with E-state index in [1.54, 1.807) is 0 Å². The maximum absolute atomic E-state index is 6.02. The van der Waals surface area contributed by atoms with Crippen LogP contribution in [0, 0.1) is 0 Å². The van der Waals surface area contributed by atoms with Crippen molar-refractivity contribution in [2.24, 2.45) is 0 Å². The fraction of sp³-hybridized carbons (Fsp3) is 1.00. The molecule has 1 nitrogen and oxygen atoms in total. The van der Waals surface area contributed by atoms with Crippen LogP contribution in [0.15, 0.2) is 0 Å². The smallest absolute Gasteiger partial charge is 0.177 e. The molecule has 1 unspecified atom stereocenters. The van der Waals surface area contributed by atoms with Gasteiger partial charge in [0.1, 0.15) is 0 Å². The Labute approximate surface area is 79.2 Å². The van der Waals surface area contributed by atoms with Crippen molar-refractivity contribution < 1.29 is 4.43 Å². The van der Waals surface area contributed by atoms with Gasteiger partial charge in [0, 0.05) is 6.10 Å². The summed E-state index contributed by atoms with van der Waals surface area (Å²) in [6.07, 6.45) is 4.26. The van der Waals surface area contributed by atoms with Crippen LogP contribution >= 0.6 is 0 Å². The van der Waals surface area contributed by atoms with Crippen molar-refractivity contribution in [3.63, 3.8) is 0 Å². The normalized spacial score (nSPS) is 13.8. The lowest BCUT2D eigenvalue weighted by atomic mass is 10.3. The van der Waals surface area contributed by atoms with Crippen LogP contribution in [0.25, 0.3) is 0 Å². The molecule has 0 N–H and O–H groups in total. The first kappa shape index (κ1) is 12.2. The predicted molar refractivity (Wildman–Crippen MR) is 58.2 cm³/mol. The number of hydrogen-bond donors (Lipinski definition) is 0. The molecule has 0 rings (SSSR count). The molecule has 0 amide bonds. The molecule has 2 heteroatoms. The molecule has 0 bridgehead atoms. The largest absolute Gasteiger partial charge is 0.417 e. The molecule has 0 radical (unpaired) electrons. The van der Waals surface area contributed by atoms with Crippen molar-refractivity contribution in [2.45, 2.75) is 65.1 Å². The van der Waals surface area contributed by atoms with Gasteiger partial charge >= 0.3 is 0 Å². The third-order valence-corrected chi connectivity index (χ3v) is 5.51. The molecule has 0 saturated carbocycles. The van der Waals surface area contributed by atoms with E-state index in [0.717, 1.165) is 6.42 Å². The molecule has 0 aliphatic heterocycles. The SMILES string of the molecule is CCC[SiH](CCC)OC(C)CC. The molecular weight excluding hydrogens is 164 g/mol. The highest BCUT2D eigenvalue weighted by atomic mass is 28.3. The summed E-state index contributed by atoms with van der Waals surface area (Å²) in [5.41, 5.74) is 0. The van der Waals surface area contributed by atoms with Gasteiger partial charge in [-0.25, -0.2) is 0 Å². The van der Waals surface area contributed by atoms with Gasteiger partial charge in [0.05, 0.1) is 0 Å². The summed E-state index contributed by atoms with van der Waals surface area (Å²) in [4.78, 5) is 0. The van der Waals surface area contributed by atoms with Gasteiger partial charge in [-0.1, -0.05) is 33.6 Å². The van der Waals surface area contributed by atoms with Gasteiger partial charge in [0.2, 0.25) is 0 Å². The maximum atomic E-state index is 6.02. The summed E-state index contributed by atoms with van der Waals surface area (Å²) in [7, 11) is -0.809. The van der Waals surface area contributed by atoms with Gasteiger partial charge < -0.3 is 4.43 Å². The number of hydrogen-bond acceptors (Lipinski definition) is 1. The lowest BCUT2D eigenvalue weighted by molar-refractivity contribution is 0.215. The van der Waals surface area contributed by atoms with Crippen LogP contribution in [0.2, 0.25) is 12.1 Å². The van der Waals surface area contributed by atoms with E-state index in [1.165, 1.54) is 24.9 Å². The predicted octanol–water partition coefficient (Wildman–Crippen LogP) is 3.35. The lowest BCUT2D eigenvalue weighted by Crippen LogP contribution is -2.23. The quantitative estimate of drug-likeness (QED) is 0.557. The van der Waals surface area contributed by atoms with Gasteiger partial charge in [0.25, 0.3) is 0 Å². The zero-order valence-corrected chi connectivity index (χ0v) is 10.3. The highest BCUT2D eigenvalue weighted by molar-refractivity contribution is 6.51. The van der Waals surface area contributed by atoms with Crippen molar-refractivity contribution in [1.82, 2.24) is 0 Å². The van der Waals surface area contributed by atoms with E-state index in [4.69, 9.17) is 4.43 Å². The van der Waals surface area contributed by atoms with E-state index >= 15 is 0 Å². The molecular formula is C10H24OSi. The Bertz CT molecular complexity index is 89.8. The van der Waals surface area contributed by atoms with E-state index < -0.39 is 9.04 Å². The molecule has 0 aromatic carbocycles. The second kappa shape index (κ2) is 7.81. The number of rotatable bonds is 7. The van der Waals surface area contributed by atoms with Crippen LogP contribution in [0.1, 0.15) is 47.0 Å². The van der Waals surface area contributed by atoms with E-state index in [9.17, 15) is 0 Å². The molecule has 0 saturated heterocycles. The molecule has 0 aromatic rings. The molecule has 1 atom stereocenters. The summed E-state index contributed by atoms with van der Waals surface area (Å²) in [5, 5.41) is 0. The Morgan fingerprint density at radius 2 is 1.58 bits per heavy atom. The molecule has 0 aliphatic carbocycles. The van der Waals surface area contributed by atoms with Crippen molar-refractivity contribution >= 4 is 9.04 Å². The first-order valence-corrected chi connectivity index (χ1v) is 7.50. The maximum Gasteiger partial charge on any atom is 0.177 e. The molecule has 12 heavy (non-hydrogen) atoms. The van der Waals surface area contributed by atoms with Gasteiger partial charge in [-0.05, 0) is 25.4 Å². The van der Waals surface area contributed by atoms with Crippen molar-refractivity contribution in [2.75, 3.05) is 0 Å². The van der Waals surface area contributed by atoms with E-state index in [0.29, 0.717) is 6.10 Å². The first-order chi connectivity index (χ1) is 5.74. The average molecular weight is 188 g/mol. The fourth-order valence-corrected chi connectivity index (χ4v) is 4.05. The topological polar surface area (TPSA) is 9.23 Å². The molecule has 0 fully saturated rings. The van der Waals surface area contributed by atoms with E-state index in [1.807, 2.05) is 0 Å². The van der Waals surface area contributed by atoms with Crippen molar-refractivity contribution in [1.29, 1.82) is 0 Å². The minimum absolute atomic E-state index is 0.500. The third-order valence-electron chi connectivity index (χ3n) is 2.22. The molecule has 74 valence electrons. The monoisotopic (exact) mass is 188 g/mol. The Balaban J connectivity index is 3.61. The average Bonchev–Trinajstić information content (AvgIpc) is 2.05. The third kappa shape index (κ3) is 5.78. The summed E-state index contributed by atoms with van der Waals surface area (Å²) in [6, 6.07) is 2.72. The highest BCUT2D eigenvalue weighted by Crippen LogP contribution is 2.10. The Morgan fingerprint density at radius 1 is 1.08 bits per heavy atom. The standard InChI is InChI=1S/C10H24OSi/c1-5-8-12(9-6-2)11-10(4)7-3/h10,12H,5-9H2,1-4H3. The summed E-state index contributed by atoms with van der Waals surface area (Å²) < 4.78 is 6.02. The van der Waals surface area contributed by atoms with Gasteiger partial charge in [-0.3, -0.25) is 0 Å². The van der Waals surface area contributed by atoms with Crippen LogP contribution in [0.5, 0.6) is 0 Å². The minimum atomic E-state index is -0.809. The molecule has 0 aliphatic rings. The van der Waals surface area contributed by atoms with Crippen LogP contribution in [-0.2, 0) is 4.43 Å². The van der Waals surface area contributed by atoms with Gasteiger partial charge in [-0.15, -0.1) is 0 Å². The van der Waals surface area contributed by atoms with Crippen LogP contribution in [0.4, 0.5) is 0 Å². The Kier molecular flexibility index (Phi) is 7.92. The summed E-state index contributed by atoms with van der Waals surface area (Å²) in [6.45, 7) is 8.92. The Hall–Kier alpha value is 0.177. The summed E-state index contributed by atoms with van der Waals surface area (Å²) >= 11 is 0. The zero-order valence-electron chi connectivity index (χ0n) is 9.10. The second-order valence-corrected chi connectivity index (χ2v) is 6.23. The zero-order chi connectivity index (χ0) is 9.40. The van der Waals surface area contributed by atoms with Crippen molar-refractivity contribution in [3.05, 3.63) is 0 Å². The van der Waals surface area contributed by atoms with Crippen molar-refractivity contribution in [3.8, 4) is 0 Å².